The number of rotatable bonds is 7. The number of hydrogen-bond acceptors (Lipinski definition) is 7. The van der Waals surface area contributed by atoms with Crippen LogP contribution in [0, 0.1) is 18.8 Å². The van der Waals surface area contributed by atoms with Gasteiger partial charge < -0.3 is 24.5 Å². The lowest BCUT2D eigenvalue weighted by Crippen LogP contribution is -2.47. The number of aliphatic carboxylic acids is 1. The third-order valence-electron chi connectivity index (χ3n) is 8.77. The van der Waals surface area contributed by atoms with Crippen LogP contribution < -0.4 is 9.80 Å². The number of carbonyl (C=O) groups is 2. The number of carboxylic acids is 1. The van der Waals surface area contributed by atoms with Crippen molar-refractivity contribution >= 4 is 23.4 Å². The van der Waals surface area contributed by atoms with Gasteiger partial charge in [-0.15, -0.1) is 0 Å². The van der Waals surface area contributed by atoms with Crippen LogP contribution in [-0.2, 0) is 20.5 Å². The minimum absolute atomic E-state index is 0.00491. The van der Waals surface area contributed by atoms with Crippen molar-refractivity contribution in [1.29, 1.82) is 0 Å². The van der Waals surface area contributed by atoms with E-state index in [9.17, 15) is 27.9 Å². The second-order valence-corrected chi connectivity index (χ2v) is 11.6. The topological polar surface area (TPSA) is 99.1 Å². The van der Waals surface area contributed by atoms with Crippen molar-refractivity contribution in [2.45, 2.75) is 43.9 Å². The van der Waals surface area contributed by atoms with E-state index >= 15 is 4.39 Å². The number of methoxy groups -OCH3 is 1. The lowest BCUT2D eigenvalue weighted by Gasteiger charge is -2.35. The Balaban J connectivity index is 1.40. The normalized spacial score (nSPS) is 25.3. The lowest BCUT2D eigenvalue weighted by molar-refractivity contribution is -0.142. The van der Waals surface area contributed by atoms with Crippen LogP contribution in [0.25, 0.3) is 0 Å². The van der Waals surface area contributed by atoms with Gasteiger partial charge in [-0.2, -0.15) is 13.2 Å². The molecule has 0 bridgehead atoms. The summed E-state index contributed by atoms with van der Waals surface area (Å²) in [5.74, 6) is -2.22. The maximum absolute atomic E-state index is 16.2. The fraction of sp³-hybridized carbons (Fsp3) is 0.586. The van der Waals surface area contributed by atoms with E-state index < -0.39 is 41.1 Å². The van der Waals surface area contributed by atoms with Gasteiger partial charge in [-0.05, 0) is 37.5 Å². The maximum atomic E-state index is 16.2. The van der Waals surface area contributed by atoms with Gasteiger partial charge in [0.1, 0.15) is 12.1 Å². The number of aryl methyl sites for hydroxylation is 1. The second-order valence-electron chi connectivity index (χ2n) is 11.6. The number of likely N-dealkylation sites (tertiary alicyclic amines) is 1. The zero-order chi connectivity index (χ0) is 30.2. The highest BCUT2D eigenvalue weighted by Gasteiger charge is 2.50. The number of benzene rings is 1. The predicted molar refractivity (Wildman–Crippen MR) is 146 cm³/mol. The second kappa shape index (κ2) is 11.7. The van der Waals surface area contributed by atoms with Gasteiger partial charge >= 0.3 is 12.1 Å². The molecule has 3 atom stereocenters. The molecule has 0 unspecified atom stereocenters. The van der Waals surface area contributed by atoms with E-state index in [2.05, 4.69) is 9.97 Å². The van der Waals surface area contributed by atoms with Crippen molar-refractivity contribution in [3.05, 3.63) is 47.4 Å². The van der Waals surface area contributed by atoms with E-state index in [0.29, 0.717) is 49.5 Å². The van der Waals surface area contributed by atoms with Gasteiger partial charge in [0.15, 0.2) is 0 Å². The van der Waals surface area contributed by atoms with E-state index in [1.807, 2.05) is 0 Å². The van der Waals surface area contributed by atoms with Crippen molar-refractivity contribution < 1.29 is 37.0 Å². The molecule has 1 aromatic carbocycles. The van der Waals surface area contributed by atoms with Gasteiger partial charge in [-0.3, -0.25) is 9.59 Å². The number of carboxylic acid groups (broad SMARTS) is 1. The Morgan fingerprint density at radius 3 is 2.48 bits per heavy atom. The van der Waals surface area contributed by atoms with Crippen LogP contribution in [-0.4, -0.2) is 90.5 Å². The number of amides is 1. The summed E-state index contributed by atoms with van der Waals surface area (Å²) < 4.78 is 62.9. The van der Waals surface area contributed by atoms with Crippen molar-refractivity contribution in [1.82, 2.24) is 14.9 Å². The van der Waals surface area contributed by atoms with E-state index in [4.69, 9.17) is 4.74 Å². The Morgan fingerprint density at radius 2 is 1.83 bits per heavy atom. The van der Waals surface area contributed by atoms with Crippen molar-refractivity contribution in [3.8, 4) is 0 Å². The van der Waals surface area contributed by atoms with Crippen molar-refractivity contribution in [2.24, 2.45) is 11.8 Å². The Bertz CT molecular complexity index is 1320. The molecule has 0 spiro atoms. The van der Waals surface area contributed by atoms with E-state index in [0.717, 1.165) is 17.8 Å². The molecule has 0 saturated carbocycles. The average molecular weight is 594 g/mol. The summed E-state index contributed by atoms with van der Waals surface area (Å²) >= 11 is 0. The van der Waals surface area contributed by atoms with Crippen LogP contribution in [0.15, 0.2) is 30.6 Å². The van der Waals surface area contributed by atoms with E-state index in [1.54, 1.807) is 22.8 Å². The molecule has 228 valence electrons. The molecule has 4 heterocycles. The first kappa shape index (κ1) is 30.0. The molecule has 42 heavy (non-hydrogen) atoms. The molecule has 3 fully saturated rings. The molecule has 3 aliphatic heterocycles. The molecule has 0 radical (unpaired) electrons. The highest BCUT2D eigenvalue weighted by molar-refractivity contribution is 5.87. The molecule has 13 heteroatoms. The molecule has 1 amide bonds. The van der Waals surface area contributed by atoms with E-state index in [-0.39, 0.29) is 38.6 Å². The highest BCUT2D eigenvalue weighted by Crippen LogP contribution is 2.43. The van der Waals surface area contributed by atoms with Gasteiger partial charge in [0, 0.05) is 75.5 Å². The zero-order valence-corrected chi connectivity index (χ0v) is 23.6. The fourth-order valence-electron chi connectivity index (χ4n) is 6.49. The molecule has 3 saturated heterocycles. The molecule has 3 aliphatic rings. The van der Waals surface area contributed by atoms with Gasteiger partial charge in [-0.1, -0.05) is 6.07 Å². The van der Waals surface area contributed by atoms with Crippen LogP contribution in [0.1, 0.15) is 42.0 Å². The monoisotopic (exact) mass is 593 g/mol. The summed E-state index contributed by atoms with van der Waals surface area (Å²) in [5.41, 5.74) is -1.22. The van der Waals surface area contributed by atoms with Crippen molar-refractivity contribution in [2.75, 3.05) is 62.8 Å². The third kappa shape index (κ3) is 6.02. The quantitative estimate of drug-likeness (QED) is 0.483. The van der Waals surface area contributed by atoms with Gasteiger partial charge in [0.05, 0.1) is 24.6 Å². The standard InChI is InChI=1S/C29H35F4N5O4/c1-18-11-25(35-17-34-18)37-10-7-28(30,16-37)27(41)38-13-20(15-42-2)23(14-38)22-4-3-21(29(31,32)33)12-24(22)36-8-5-19(6-9-36)26(39)40/h3-4,11-12,17,19-20,23H,5-10,13-16H2,1-2H3,(H,39,40)/t20-,23+,28-/m1/s1. The maximum Gasteiger partial charge on any atom is 0.416 e. The summed E-state index contributed by atoms with van der Waals surface area (Å²) in [7, 11) is 1.51. The Morgan fingerprint density at radius 1 is 1.10 bits per heavy atom. The third-order valence-corrected chi connectivity index (χ3v) is 8.77. The lowest BCUT2D eigenvalue weighted by atomic mass is 9.86. The fourth-order valence-corrected chi connectivity index (χ4v) is 6.49. The Labute approximate surface area is 241 Å². The zero-order valence-electron chi connectivity index (χ0n) is 23.6. The van der Waals surface area contributed by atoms with Crippen LogP contribution >= 0.6 is 0 Å². The van der Waals surface area contributed by atoms with Crippen molar-refractivity contribution in [3.63, 3.8) is 0 Å². The number of nitrogens with zero attached hydrogens (tertiary/aromatic N) is 5. The van der Waals surface area contributed by atoms with Crippen LogP contribution in [0.3, 0.4) is 0 Å². The molecule has 1 N–H and O–H groups in total. The number of ether oxygens (including phenoxy) is 1. The SMILES string of the molecule is COC[C@H]1CN(C(=O)[C@@]2(F)CCN(c3cc(C)ncn3)C2)C[C@@H]1c1ccc(C(F)(F)F)cc1N1CCC(C(=O)O)CC1. The number of piperidine rings is 1. The largest absolute Gasteiger partial charge is 0.481 e. The summed E-state index contributed by atoms with van der Waals surface area (Å²) in [6.07, 6.45) is -2.54. The molecule has 9 nitrogen and oxygen atoms in total. The van der Waals surface area contributed by atoms with E-state index in [1.165, 1.54) is 24.4 Å². The van der Waals surface area contributed by atoms with Crippen LogP contribution in [0.4, 0.5) is 29.1 Å². The van der Waals surface area contributed by atoms with Gasteiger partial charge in [0.25, 0.3) is 5.91 Å². The number of carbonyl (C=O) groups excluding carboxylic acids is 1. The number of hydrogen-bond donors (Lipinski definition) is 1. The Hall–Kier alpha value is -3.48. The summed E-state index contributed by atoms with van der Waals surface area (Å²) in [5, 5.41) is 9.39. The van der Waals surface area contributed by atoms with Gasteiger partial charge in [0.2, 0.25) is 5.67 Å². The molecule has 1 aromatic heterocycles. The molecular formula is C29H35F4N5O4. The van der Waals surface area contributed by atoms with Crippen LogP contribution in [0.2, 0.25) is 0 Å². The molecule has 2 aromatic rings. The van der Waals surface area contributed by atoms with Gasteiger partial charge in [-0.25, -0.2) is 14.4 Å². The smallest absolute Gasteiger partial charge is 0.416 e. The number of anilines is 2. The van der Waals surface area contributed by atoms with Crippen LogP contribution in [0.5, 0.6) is 0 Å². The highest BCUT2D eigenvalue weighted by atomic mass is 19.4. The minimum atomic E-state index is -4.56. The average Bonchev–Trinajstić information content (AvgIpc) is 3.57. The number of halogens is 4. The molecule has 5 rings (SSSR count). The Kier molecular flexibility index (Phi) is 8.32. The summed E-state index contributed by atoms with van der Waals surface area (Å²) in [6.45, 7) is 3.13. The summed E-state index contributed by atoms with van der Waals surface area (Å²) in [4.78, 5) is 38.4. The first-order valence-corrected chi connectivity index (χ1v) is 14.1. The molecular weight excluding hydrogens is 558 g/mol. The minimum Gasteiger partial charge on any atom is -0.481 e. The first-order valence-electron chi connectivity index (χ1n) is 14.1. The number of alkyl halides is 4. The predicted octanol–water partition coefficient (Wildman–Crippen LogP) is 3.91. The first-order chi connectivity index (χ1) is 19.9. The molecule has 0 aliphatic carbocycles. The summed E-state index contributed by atoms with van der Waals surface area (Å²) in [6, 6.07) is 5.33. The number of aromatic nitrogens is 2.